The topological polar surface area (TPSA) is 129 Å². The van der Waals surface area contributed by atoms with E-state index in [0.29, 0.717) is 16.8 Å². The third-order valence-electron chi connectivity index (χ3n) is 3.28. The average Bonchev–Trinajstić information content (AvgIpc) is 2.56. The van der Waals surface area contributed by atoms with Crippen LogP contribution in [0.1, 0.15) is 21.5 Å². The second-order valence-electron chi connectivity index (χ2n) is 4.91. The normalized spacial score (nSPS) is 11.3. The Morgan fingerprint density at radius 3 is 2.09 bits per heavy atom. The highest BCUT2D eigenvalue weighted by Crippen LogP contribution is 2.17. The average molecular weight is 310 g/mol. The van der Waals surface area contributed by atoms with Crippen LogP contribution in [0.4, 0.5) is 5.69 Å². The molecule has 0 spiro atoms. The number of rotatable bonds is 6. The number of carbonyl (C=O) groups is 2. The van der Waals surface area contributed by atoms with Gasteiger partial charge in [-0.3, -0.25) is 9.59 Å². The smallest absolute Gasteiger partial charge is 0.320 e. The molecule has 0 aliphatic carbocycles. The second-order valence-corrected chi connectivity index (χ2v) is 4.91. The number of hydrogen-bond acceptors (Lipinski definition) is 4. The van der Waals surface area contributed by atoms with Crippen LogP contribution in [-0.2, 0) is 11.2 Å². The van der Waals surface area contributed by atoms with Crippen LogP contribution in [0.2, 0.25) is 0 Å². The molecule has 0 aromatic heterocycles. The number of carboxylic acid groups (broad SMARTS) is 1. The molecule has 23 heavy (non-hydrogen) atoms. The van der Waals surface area contributed by atoms with Gasteiger partial charge in [0.2, 0.25) is 0 Å². The fraction of sp³-hybridized carbons (Fsp3) is 0.125. The van der Waals surface area contributed by atoms with E-state index in [-0.39, 0.29) is 12.2 Å². The zero-order valence-corrected chi connectivity index (χ0v) is 12.1. The second kappa shape index (κ2) is 7.22. The molecule has 2 aromatic carbocycles. The van der Waals surface area contributed by atoms with Crippen molar-refractivity contribution in [3.05, 3.63) is 75.7 Å². The first-order valence-electron chi connectivity index (χ1n) is 6.78. The Hall–Kier alpha value is -3.15. The first kappa shape index (κ1) is 16.2. The molecule has 0 fully saturated rings. The summed E-state index contributed by atoms with van der Waals surface area (Å²) in [5.41, 5.74) is 15.9. The predicted molar refractivity (Wildman–Crippen MR) is 84.4 cm³/mol. The Labute approximate surface area is 132 Å². The molecule has 0 bridgehead atoms. The van der Waals surface area contributed by atoms with Gasteiger partial charge in [-0.25, -0.2) is 0 Å². The summed E-state index contributed by atoms with van der Waals surface area (Å²) in [5, 5.41) is 12.2. The van der Waals surface area contributed by atoms with E-state index < -0.39 is 12.0 Å². The molecule has 3 N–H and O–H groups in total. The molecule has 0 saturated carbocycles. The molecule has 7 heteroatoms. The molecule has 0 amide bonds. The van der Waals surface area contributed by atoms with E-state index >= 15 is 0 Å². The molecule has 2 rings (SSSR count). The highest BCUT2D eigenvalue weighted by atomic mass is 16.4. The van der Waals surface area contributed by atoms with Gasteiger partial charge < -0.3 is 10.8 Å². The van der Waals surface area contributed by atoms with E-state index in [1.54, 1.807) is 48.5 Å². The Kier molecular flexibility index (Phi) is 5.09. The summed E-state index contributed by atoms with van der Waals surface area (Å²) >= 11 is 0. The van der Waals surface area contributed by atoms with E-state index in [9.17, 15) is 9.59 Å². The summed E-state index contributed by atoms with van der Waals surface area (Å²) in [7, 11) is 0. The Balaban J connectivity index is 2.13. The van der Waals surface area contributed by atoms with Crippen LogP contribution in [0.15, 0.2) is 53.6 Å². The van der Waals surface area contributed by atoms with E-state index in [0.717, 1.165) is 5.56 Å². The number of carboxylic acids is 1. The number of nitrogens with zero attached hydrogens (tertiary/aromatic N) is 3. The van der Waals surface area contributed by atoms with Crippen LogP contribution in [0.3, 0.4) is 0 Å². The minimum Gasteiger partial charge on any atom is -0.480 e. The van der Waals surface area contributed by atoms with Gasteiger partial charge in [-0.1, -0.05) is 53.6 Å². The molecule has 1 atom stereocenters. The Bertz CT molecular complexity index is 763. The molecular weight excluding hydrogens is 296 g/mol. The lowest BCUT2D eigenvalue weighted by Gasteiger charge is -2.07. The van der Waals surface area contributed by atoms with E-state index in [1.165, 1.54) is 0 Å². The zero-order chi connectivity index (χ0) is 16.8. The quantitative estimate of drug-likeness (QED) is 0.367. The van der Waals surface area contributed by atoms with Crippen molar-refractivity contribution in [1.29, 1.82) is 0 Å². The van der Waals surface area contributed by atoms with Gasteiger partial charge >= 0.3 is 5.97 Å². The number of hydrogen-bond donors (Lipinski definition) is 2. The SMILES string of the molecule is [N-]=[N+]=Nc1ccc(C(=O)c2ccc(C[C@H](N)C(=O)O)cc2)cc1. The maximum atomic E-state index is 12.3. The van der Waals surface area contributed by atoms with Gasteiger partial charge in [-0.15, -0.1) is 0 Å². The fourth-order valence-corrected chi connectivity index (χ4v) is 2.03. The van der Waals surface area contributed by atoms with Crippen molar-refractivity contribution in [2.45, 2.75) is 12.5 Å². The maximum Gasteiger partial charge on any atom is 0.320 e. The van der Waals surface area contributed by atoms with Crippen molar-refractivity contribution in [2.24, 2.45) is 10.8 Å². The third kappa shape index (κ3) is 4.16. The summed E-state index contributed by atoms with van der Waals surface area (Å²) in [5.74, 6) is -1.24. The molecule has 0 heterocycles. The molecule has 2 aromatic rings. The van der Waals surface area contributed by atoms with Crippen LogP contribution in [0.25, 0.3) is 10.4 Å². The van der Waals surface area contributed by atoms with Crippen molar-refractivity contribution >= 4 is 17.4 Å². The Morgan fingerprint density at radius 1 is 1.09 bits per heavy atom. The van der Waals surface area contributed by atoms with Crippen LogP contribution >= 0.6 is 0 Å². The number of benzene rings is 2. The van der Waals surface area contributed by atoms with Gasteiger partial charge in [-0.05, 0) is 17.5 Å². The first-order chi connectivity index (χ1) is 11.0. The van der Waals surface area contributed by atoms with E-state index in [4.69, 9.17) is 16.4 Å². The summed E-state index contributed by atoms with van der Waals surface area (Å²) in [6.45, 7) is 0. The molecule has 0 saturated heterocycles. The minimum absolute atomic E-state index is 0.174. The maximum absolute atomic E-state index is 12.3. The van der Waals surface area contributed by atoms with Crippen molar-refractivity contribution in [3.8, 4) is 0 Å². The van der Waals surface area contributed by atoms with Gasteiger partial charge in [0.1, 0.15) is 6.04 Å². The highest BCUT2D eigenvalue weighted by Gasteiger charge is 2.13. The van der Waals surface area contributed by atoms with Crippen LogP contribution in [0.5, 0.6) is 0 Å². The lowest BCUT2D eigenvalue weighted by atomic mass is 10.00. The molecule has 116 valence electrons. The molecule has 0 aliphatic rings. The highest BCUT2D eigenvalue weighted by molar-refractivity contribution is 6.09. The lowest BCUT2D eigenvalue weighted by molar-refractivity contribution is -0.138. The number of aliphatic carboxylic acids is 1. The zero-order valence-electron chi connectivity index (χ0n) is 12.1. The molecule has 0 aliphatic heterocycles. The van der Waals surface area contributed by atoms with Crippen LogP contribution < -0.4 is 5.73 Å². The lowest BCUT2D eigenvalue weighted by Crippen LogP contribution is -2.32. The summed E-state index contributed by atoms with van der Waals surface area (Å²) < 4.78 is 0. The number of azide groups is 1. The van der Waals surface area contributed by atoms with E-state index in [1.807, 2.05) is 0 Å². The van der Waals surface area contributed by atoms with Gasteiger partial charge in [0.05, 0.1) is 0 Å². The molecule has 0 unspecified atom stereocenters. The number of carbonyl (C=O) groups excluding carboxylic acids is 1. The Morgan fingerprint density at radius 2 is 1.61 bits per heavy atom. The van der Waals surface area contributed by atoms with Crippen LogP contribution in [-0.4, -0.2) is 22.9 Å². The number of nitrogens with two attached hydrogens (primary N) is 1. The standard InChI is InChI=1S/C16H14N4O3/c17-14(16(22)23)9-10-1-3-11(4-2-10)15(21)12-5-7-13(8-6-12)19-20-18/h1-8,14H,9,17H2,(H,22,23)/t14-/m0/s1. The molecule has 7 nitrogen and oxygen atoms in total. The molecule has 0 radical (unpaired) electrons. The van der Waals surface area contributed by atoms with Crippen molar-refractivity contribution < 1.29 is 14.7 Å². The first-order valence-corrected chi connectivity index (χ1v) is 6.78. The van der Waals surface area contributed by atoms with Crippen LogP contribution in [0, 0.1) is 0 Å². The third-order valence-corrected chi connectivity index (χ3v) is 3.28. The van der Waals surface area contributed by atoms with Gasteiger partial charge in [0.25, 0.3) is 0 Å². The van der Waals surface area contributed by atoms with E-state index in [2.05, 4.69) is 10.0 Å². The fourth-order valence-electron chi connectivity index (χ4n) is 2.03. The summed E-state index contributed by atoms with van der Waals surface area (Å²) in [6, 6.07) is 12.0. The van der Waals surface area contributed by atoms with Gasteiger partial charge in [0, 0.05) is 21.7 Å². The monoisotopic (exact) mass is 310 g/mol. The number of ketones is 1. The summed E-state index contributed by atoms with van der Waals surface area (Å²) in [4.78, 5) is 25.7. The largest absolute Gasteiger partial charge is 0.480 e. The predicted octanol–water partition coefficient (Wildman–Crippen LogP) is 2.81. The van der Waals surface area contributed by atoms with Gasteiger partial charge in [0.15, 0.2) is 5.78 Å². The van der Waals surface area contributed by atoms with Crippen molar-refractivity contribution in [2.75, 3.05) is 0 Å². The molecular formula is C16H14N4O3. The van der Waals surface area contributed by atoms with Gasteiger partial charge in [-0.2, -0.15) is 0 Å². The van der Waals surface area contributed by atoms with Crippen molar-refractivity contribution in [1.82, 2.24) is 0 Å². The minimum atomic E-state index is -1.06. The summed E-state index contributed by atoms with van der Waals surface area (Å²) in [6.07, 6.45) is 0.199. The van der Waals surface area contributed by atoms with Crippen molar-refractivity contribution in [3.63, 3.8) is 0 Å².